The van der Waals surface area contributed by atoms with Crippen molar-refractivity contribution in [3.8, 4) is 0 Å². The van der Waals surface area contributed by atoms with E-state index in [0.29, 0.717) is 19.6 Å². The van der Waals surface area contributed by atoms with E-state index in [9.17, 15) is 9.59 Å². The summed E-state index contributed by atoms with van der Waals surface area (Å²) in [4.78, 5) is 28.5. The highest BCUT2D eigenvalue weighted by molar-refractivity contribution is 14.1. The fraction of sp³-hybridized carbons (Fsp3) is 0.600. The number of hydrogen-bond acceptors (Lipinski definition) is 4. The summed E-state index contributed by atoms with van der Waals surface area (Å²) in [6.07, 6.45) is 0.655. The molecule has 27 heavy (non-hydrogen) atoms. The number of aryl methyl sites for hydroxylation is 1. The Labute approximate surface area is 175 Å². The number of ether oxygens (including phenoxy) is 1. The second-order valence-corrected chi connectivity index (χ2v) is 8.93. The van der Waals surface area contributed by atoms with Gasteiger partial charge in [-0.3, -0.25) is 9.69 Å². The molecule has 0 radical (unpaired) electrons. The molecule has 6 nitrogen and oxygen atoms in total. The first-order chi connectivity index (χ1) is 12.7. The van der Waals surface area contributed by atoms with Gasteiger partial charge in [0, 0.05) is 36.3 Å². The van der Waals surface area contributed by atoms with Crippen LogP contribution in [0.4, 0.5) is 4.79 Å². The van der Waals surface area contributed by atoms with Crippen LogP contribution in [0.1, 0.15) is 43.1 Å². The molecular weight excluding hydrogens is 457 g/mol. The molecule has 7 heteroatoms. The zero-order chi connectivity index (χ0) is 20.0. The quantitative estimate of drug-likeness (QED) is 0.512. The fourth-order valence-electron chi connectivity index (χ4n) is 2.90. The second kappa shape index (κ2) is 9.73. The van der Waals surface area contributed by atoms with Crippen LogP contribution in [-0.2, 0) is 4.74 Å². The predicted octanol–water partition coefficient (Wildman–Crippen LogP) is 3.27. The second-order valence-electron chi connectivity index (χ2n) is 7.85. The van der Waals surface area contributed by atoms with Crippen LogP contribution in [0.2, 0.25) is 0 Å². The normalized spacial score (nSPS) is 15.5. The van der Waals surface area contributed by atoms with Crippen molar-refractivity contribution in [1.82, 2.24) is 15.1 Å². The first-order valence-electron chi connectivity index (χ1n) is 9.41. The highest BCUT2D eigenvalue weighted by atomic mass is 127. The molecule has 1 saturated heterocycles. The molecule has 1 fully saturated rings. The summed E-state index contributed by atoms with van der Waals surface area (Å²) in [5.74, 6) is -0.0159. The Morgan fingerprint density at radius 1 is 1.19 bits per heavy atom. The number of rotatable bonds is 5. The predicted molar refractivity (Wildman–Crippen MR) is 115 cm³/mol. The fourth-order valence-corrected chi connectivity index (χ4v) is 3.51. The molecule has 2 rings (SSSR count). The lowest BCUT2D eigenvalue weighted by Gasteiger charge is -2.35. The molecule has 1 heterocycles. The number of piperazine rings is 1. The summed E-state index contributed by atoms with van der Waals surface area (Å²) < 4.78 is 6.42. The van der Waals surface area contributed by atoms with Crippen LogP contribution in [0.25, 0.3) is 0 Å². The summed E-state index contributed by atoms with van der Waals surface area (Å²) >= 11 is 2.22. The molecular formula is C20H30IN3O3. The van der Waals surface area contributed by atoms with Crippen molar-refractivity contribution < 1.29 is 14.3 Å². The Bertz CT molecular complexity index is 665. The Morgan fingerprint density at radius 3 is 2.48 bits per heavy atom. The standard InChI is InChI=1S/C20H30IN3O3/c1-15-7-5-8-16(17(15)21)18(25)22-9-6-10-23-11-13-24(14-12-23)19(26)27-20(2,3)4/h5,7-8H,6,9-14H2,1-4H3,(H,22,25). The van der Waals surface area contributed by atoms with Gasteiger partial charge < -0.3 is 15.0 Å². The largest absolute Gasteiger partial charge is 0.444 e. The minimum absolute atomic E-state index is 0.0159. The third kappa shape index (κ3) is 6.95. The van der Waals surface area contributed by atoms with Gasteiger partial charge in [0.05, 0.1) is 5.56 Å². The molecule has 1 aromatic rings. The molecule has 0 saturated carbocycles. The maximum Gasteiger partial charge on any atom is 0.410 e. The Kier molecular flexibility index (Phi) is 7.91. The van der Waals surface area contributed by atoms with Gasteiger partial charge in [0.25, 0.3) is 5.91 Å². The summed E-state index contributed by atoms with van der Waals surface area (Å²) in [5.41, 5.74) is 1.40. The van der Waals surface area contributed by atoms with E-state index >= 15 is 0 Å². The van der Waals surface area contributed by atoms with Crippen molar-refractivity contribution >= 4 is 34.6 Å². The van der Waals surface area contributed by atoms with E-state index in [1.807, 2.05) is 45.9 Å². The van der Waals surface area contributed by atoms with Crippen molar-refractivity contribution in [1.29, 1.82) is 0 Å². The summed E-state index contributed by atoms with van der Waals surface area (Å²) in [6.45, 7) is 12.3. The van der Waals surface area contributed by atoms with Gasteiger partial charge in [-0.1, -0.05) is 12.1 Å². The van der Waals surface area contributed by atoms with E-state index in [1.54, 1.807) is 4.90 Å². The first kappa shape index (κ1) is 21.9. The lowest BCUT2D eigenvalue weighted by molar-refractivity contribution is 0.0144. The van der Waals surface area contributed by atoms with Crippen LogP contribution in [0.5, 0.6) is 0 Å². The van der Waals surface area contributed by atoms with E-state index in [4.69, 9.17) is 4.74 Å². The van der Waals surface area contributed by atoms with Crippen LogP contribution in [0.3, 0.4) is 0 Å². The van der Waals surface area contributed by atoms with Gasteiger partial charge in [0.1, 0.15) is 5.60 Å². The lowest BCUT2D eigenvalue weighted by Crippen LogP contribution is -2.50. The van der Waals surface area contributed by atoms with Crippen LogP contribution < -0.4 is 5.32 Å². The van der Waals surface area contributed by atoms with Gasteiger partial charge in [0.2, 0.25) is 0 Å². The van der Waals surface area contributed by atoms with Crippen molar-refractivity contribution in [2.75, 3.05) is 39.3 Å². The van der Waals surface area contributed by atoms with Gasteiger partial charge in [-0.25, -0.2) is 4.79 Å². The average molecular weight is 487 g/mol. The molecule has 0 spiro atoms. The monoisotopic (exact) mass is 487 g/mol. The molecule has 150 valence electrons. The number of nitrogens with one attached hydrogen (secondary N) is 1. The molecule has 1 aliphatic heterocycles. The zero-order valence-electron chi connectivity index (χ0n) is 16.7. The number of nitrogens with zero attached hydrogens (tertiary/aromatic N) is 2. The average Bonchev–Trinajstić information content (AvgIpc) is 2.60. The summed E-state index contributed by atoms with van der Waals surface area (Å²) in [6, 6.07) is 5.78. The van der Waals surface area contributed by atoms with E-state index in [-0.39, 0.29) is 12.0 Å². The van der Waals surface area contributed by atoms with Gasteiger partial charge in [-0.05, 0) is 74.9 Å². The van der Waals surface area contributed by atoms with Crippen molar-refractivity contribution in [2.45, 2.75) is 39.7 Å². The smallest absolute Gasteiger partial charge is 0.410 e. The van der Waals surface area contributed by atoms with Gasteiger partial charge >= 0.3 is 6.09 Å². The topological polar surface area (TPSA) is 61.9 Å². The van der Waals surface area contributed by atoms with E-state index in [1.165, 1.54) is 0 Å². The number of carbonyl (C=O) groups is 2. The van der Waals surface area contributed by atoms with Gasteiger partial charge in [0.15, 0.2) is 0 Å². The van der Waals surface area contributed by atoms with Gasteiger partial charge in [-0.15, -0.1) is 0 Å². The Balaban J connectivity index is 1.67. The highest BCUT2D eigenvalue weighted by Gasteiger charge is 2.25. The van der Waals surface area contributed by atoms with Crippen molar-refractivity contribution in [3.63, 3.8) is 0 Å². The molecule has 1 N–H and O–H groups in total. The van der Waals surface area contributed by atoms with E-state index < -0.39 is 5.60 Å². The molecule has 0 bridgehead atoms. The third-order valence-electron chi connectivity index (χ3n) is 4.40. The van der Waals surface area contributed by atoms with Crippen LogP contribution in [0, 0.1) is 10.5 Å². The molecule has 0 aliphatic carbocycles. The lowest BCUT2D eigenvalue weighted by atomic mass is 10.1. The van der Waals surface area contributed by atoms with Crippen molar-refractivity contribution in [2.24, 2.45) is 0 Å². The molecule has 2 amide bonds. The van der Waals surface area contributed by atoms with Crippen LogP contribution in [0.15, 0.2) is 18.2 Å². The number of halogens is 1. The highest BCUT2D eigenvalue weighted by Crippen LogP contribution is 2.16. The SMILES string of the molecule is Cc1cccc(C(=O)NCCCN2CCN(C(=O)OC(C)(C)C)CC2)c1I. The molecule has 0 unspecified atom stereocenters. The minimum atomic E-state index is -0.457. The number of benzene rings is 1. The van der Waals surface area contributed by atoms with Crippen LogP contribution >= 0.6 is 22.6 Å². The van der Waals surface area contributed by atoms with Crippen LogP contribution in [-0.4, -0.2) is 66.7 Å². The maximum absolute atomic E-state index is 12.3. The minimum Gasteiger partial charge on any atom is -0.444 e. The summed E-state index contributed by atoms with van der Waals surface area (Å²) in [7, 11) is 0. The zero-order valence-corrected chi connectivity index (χ0v) is 18.8. The first-order valence-corrected chi connectivity index (χ1v) is 10.5. The number of carbonyl (C=O) groups excluding carboxylic acids is 2. The molecule has 0 aromatic heterocycles. The molecule has 1 aromatic carbocycles. The molecule has 1 aliphatic rings. The molecule has 0 atom stereocenters. The Hall–Kier alpha value is -1.35. The number of hydrogen-bond donors (Lipinski definition) is 1. The van der Waals surface area contributed by atoms with Gasteiger partial charge in [-0.2, -0.15) is 0 Å². The summed E-state index contributed by atoms with van der Waals surface area (Å²) in [5, 5.41) is 3.00. The number of amides is 2. The maximum atomic E-state index is 12.3. The Morgan fingerprint density at radius 2 is 1.85 bits per heavy atom. The van der Waals surface area contributed by atoms with E-state index in [0.717, 1.165) is 40.8 Å². The van der Waals surface area contributed by atoms with Crippen molar-refractivity contribution in [3.05, 3.63) is 32.9 Å². The third-order valence-corrected chi connectivity index (χ3v) is 5.83. The van der Waals surface area contributed by atoms with E-state index in [2.05, 4.69) is 32.8 Å².